The van der Waals surface area contributed by atoms with Gasteiger partial charge >= 0.3 is 6.03 Å². The van der Waals surface area contributed by atoms with Crippen LogP contribution >= 0.6 is 0 Å². The molecular formula is C17H22N4O. The quantitative estimate of drug-likeness (QED) is 0.861. The SMILES string of the molecule is Cc1nccc(CNC(=O)NC(C)CCc2ccccc2)n1. The van der Waals surface area contributed by atoms with Gasteiger partial charge in [0.15, 0.2) is 0 Å². The Balaban J connectivity index is 1.70. The van der Waals surface area contributed by atoms with Crippen molar-refractivity contribution in [1.82, 2.24) is 20.6 Å². The zero-order valence-corrected chi connectivity index (χ0v) is 13.0. The maximum Gasteiger partial charge on any atom is 0.315 e. The van der Waals surface area contributed by atoms with E-state index in [4.69, 9.17) is 0 Å². The van der Waals surface area contributed by atoms with Crippen LogP contribution in [0.25, 0.3) is 0 Å². The fraction of sp³-hybridized carbons (Fsp3) is 0.353. The molecule has 0 aliphatic carbocycles. The number of urea groups is 1. The van der Waals surface area contributed by atoms with Gasteiger partial charge in [0.25, 0.3) is 0 Å². The summed E-state index contributed by atoms with van der Waals surface area (Å²) in [5.74, 6) is 0.705. The number of carbonyl (C=O) groups excluding carboxylic acids is 1. The molecule has 0 fully saturated rings. The van der Waals surface area contributed by atoms with E-state index >= 15 is 0 Å². The smallest absolute Gasteiger partial charge is 0.315 e. The van der Waals surface area contributed by atoms with Crippen molar-refractivity contribution in [3.8, 4) is 0 Å². The largest absolute Gasteiger partial charge is 0.336 e. The van der Waals surface area contributed by atoms with E-state index in [0.29, 0.717) is 12.4 Å². The molecule has 0 spiro atoms. The van der Waals surface area contributed by atoms with Crippen LogP contribution < -0.4 is 10.6 Å². The molecule has 1 atom stereocenters. The summed E-state index contributed by atoms with van der Waals surface area (Å²) in [4.78, 5) is 20.1. The van der Waals surface area contributed by atoms with Gasteiger partial charge in [-0.05, 0) is 38.3 Å². The molecule has 22 heavy (non-hydrogen) atoms. The summed E-state index contributed by atoms with van der Waals surface area (Å²) in [6.45, 7) is 4.24. The van der Waals surface area contributed by atoms with E-state index in [0.717, 1.165) is 18.5 Å². The second-order valence-corrected chi connectivity index (χ2v) is 5.35. The first-order valence-corrected chi connectivity index (χ1v) is 7.50. The third-order valence-electron chi connectivity index (χ3n) is 3.35. The summed E-state index contributed by atoms with van der Waals surface area (Å²) < 4.78 is 0. The number of carbonyl (C=O) groups is 1. The predicted molar refractivity (Wildman–Crippen MR) is 86.4 cm³/mol. The summed E-state index contributed by atoms with van der Waals surface area (Å²) in [5, 5.41) is 5.76. The maximum atomic E-state index is 11.9. The molecule has 1 aromatic heterocycles. The first-order valence-electron chi connectivity index (χ1n) is 7.50. The van der Waals surface area contributed by atoms with E-state index in [2.05, 4.69) is 32.7 Å². The van der Waals surface area contributed by atoms with E-state index in [1.54, 1.807) is 12.3 Å². The first kappa shape index (κ1) is 15.9. The van der Waals surface area contributed by atoms with Gasteiger partial charge in [0.1, 0.15) is 5.82 Å². The number of hydrogen-bond donors (Lipinski definition) is 2. The topological polar surface area (TPSA) is 66.9 Å². The molecular weight excluding hydrogens is 276 g/mol. The van der Waals surface area contributed by atoms with Crippen LogP contribution in [0.5, 0.6) is 0 Å². The Morgan fingerprint density at radius 3 is 2.73 bits per heavy atom. The van der Waals surface area contributed by atoms with E-state index in [-0.39, 0.29) is 12.1 Å². The van der Waals surface area contributed by atoms with Gasteiger partial charge in [0, 0.05) is 12.2 Å². The lowest BCUT2D eigenvalue weighted by Crippen LogP contribution is -2.40. The molecule has 5 nitrogen and oxygen atoms in total. The number of nitrogens with zero attached hydrogens (tertiary/aromatic N) is 2. The van der Waals surface area contributed by atoms with E-state index in [9.17, 15) is 4.79 Å². The lowest BCUT2D eigenvalue weighted by atomic mass is 10.1. The van der Waals surface area contributed by atoms with Crippen LogP contribution in [-0.2, 0) is 13.0 Å². The number of nitrogens with one attached hydrogen (secondary N) is 2. The summed E-state index contributed by atoms with van der Waals surface area (Å²) >= 11 is 0. The Kier molecular flexibility index (Phi) is 5.89. The Labute approximate surface area is 131 Å². The summed E-state index contributed by atoms with van der Waals surface area (Å²) in [6.07, 6.45) is 3.55. The van der Waals surface area contributed by atoms with Gasteiger partial charge in [0.2, 0.25) is 0 Å². The van der Waals surface area contributed by atoms with Crippen molar-refractivity contribution in [2.45, 2.75) is 39.3 Å². The van der Waals surface area contributed by atoms with Crippen molar-refractivity contribution >= 4 is 6.03 Å². The van der Waals surface area contributed by atoms with Crippen LogP contribution in [0.3, 0.4) is 0 Å². The molecule has 0 radical (unpaired) electrons. The average molecular weight is 298 g/mol. The van der Waals surface area contributed by atoms with E-state index < -0.39 is 0 Å². The van der Waals surface area contributed by atoms with Gasteiger partial charge < -0.3 is 10.6 Å². The van der Waals surface area contributed by atoms with Crippen LogP contribution in [0, 0.1) is 6.92 Å². The molecule has 0 saturated carbocycles. The number of rotatable bonds is 6. The molecule has 2 amide bonds. The monoisotopic (exact) mass is 298 g/mol. The van der Waals surface area contributed by atoms with Gasteiger partial charge in [0.05, 0.1) is 12.2 Å². The lowest BCUT2D eigenvalue weighted by molar-refractivity contribution is 0.236. The summed E-state index contributed by atoms with van der Waals surface area (Å²) in [7, 11) is 0. The molecule has 2 aromatic rings. The fourth-order valence-electron chi connectivity index (χ4n) is 2.15. The molecule has 1 aromatic carbocycles. The van der Waals surface area contributed by atoms with Crippen molar-refractivity contribution < 1.29 is 4.79 Å². The zero-order valence-electron chi connectivity index (χ0n) is 13.0. The highest BCUT2D eigenvalue weighted by Crippen LogP contribution is 2.04. The Morgan fingerprint density at radius 2 is 2.00 bits per heavy atom. The third-order valence-corrected chi connectivity index (χ3v) is 3.35. The predicted octanol–water partition coefficient (Wildman–Crippen LogP) is 2.61. The van der Waals surface area contributed by atoms with Crippen LogP contribution in [0.15, 0.2) is 42.6 Å². The third kappa shape index (κ3) is 5.52. The highest BCUT2D eigenvalue weighted by Gasteiger charge is 2.07. The molecule has 5 heteroatoms. The molecule has 0 aliphatic heterocycles. The van der Waals surface area contributed by atoms with Crippen molar-refractivity contribution in [2.75, 3.05) is 0 Å². The zero-order chi connectivity index (χ0) is 15.8. The number of amides is 2. The van der Waals surface area contributed by atoms with Crippen LogP contribution in [0.2, 0.25) is 0 Å². The molecule has 0 aliphatic rings. The van der Waals surface area contributed by atoms with Crippen molar-refractivity contribution in [3.63, 3.8) is 0 Å². The number of hydrogen-bond acceptors (Lipinski definition) is 3. The first-order chi connectivity index (χ1) is 10.6. The Bertz CT molecular complexity index is 601. The van der Waals surface area contributed by atoms with Crippen molar-refractivity contribution in [2.24, 2.45) is 0 Å². The lowest BCUT2D eigenvalue weighted by Gasteiger charge is -2.14. The highest BCUT2D eigenvalue weighted by atomic mass is 16.2. The van der Waals surface area contributed by atoms with Crippen LogP contribution in [0.1, 0.15) is 30.4 Å². The average Bonchev–Trinajstić information content (AvgIpc) is 2.52. The van der Waals surface area contributed by atoms with Gasteiger partial charge in [-0.1, -0.05) is 30.3 Å². The minimum atomic E-state index is -0.170. The highest BCUT2D eigenvalue weighted by molar-refractivity contribution is 5.74. The second kappa shape index (κ2) is 8.12. The molecule has 0 saturated heterocycles. The number of benzene rings is 1. The molecule has 2 N–H and O–H groups in total. The minimum absolute atomic E-state index is 0.118. The summed E-state index contributed by atoms with van der Waals surface area (Å²) in [6, 6.07) is 12.0. The van der Waals surface area contributed by atoms with E-state index in [1.165, 1.54) is 5.56 Å². The molecule has 116 valence electrons. The number of aromatic nitrogens is 2. The normalized spacial score (nSPS) is 11.7. The van der Waals surface area contributed by atoms with Crippen LogP contribution in [-0.4, -0.2) is 22.0 Å². The molecule has 1 unspecified atom stereocenters. The fourth-order valence-corrected chi connectivity index (χ4v) is 2.15. The van der Waals surface area contributed by atoms with Gasteiger partial charge in [-0.15, -0.1) is 0 Å². The number of aryl methyl sites for hydroxylation is 2. The van der Waals surface area contributed by atoms with Crippen molar-refractivity contribution in [3.05, 3.63) is 59.7 Å². The van der Waals surface area contributed by atoms with E-state index in [1.807, 2.05) is 32.0 Å². The second-order valence-electron chi connectivity index (χ2n) is 5.35. The van der Waals surface area contributed by atoms with Gasteiger partial charge in [-0.3, -0.25) is 0 Å². The maximum absolute atomic E-state index is 11.9. The van der Waals surface area contributed by atoms with Gasteiger partial charge in [-0.25, -0.2) is 14.8 Å². The molecule has 0 bridgehead atoms. The Hall–Kier alpha value is -2.43. The van der Waals surface area contributed by atoms with Crippen LogP contribution in [0.4, 0.5) is 4.79 Å². The molecule has 2 rings (SSSR count). The van der Waals surface area contributed by atoms with Gasteiger partial charge in [-0.2, -0.15) is 0 Å². The van der Waals surface area contributed by atoms with Crippen molar-refractivity contribution in [1.29, 1.82) is 0 Å². The summed E-state index contributed by atoms with van der Waals surface area (Å²) in [5.41, 5.74) is 2.09. The Morgan fingerprint density at radius 1 is 1.23 bits per heavy atom. The minimum Gasteiger partial charge on any atom is -0.336 e. The molecule has 1 heterocycles. The standard InChI is InChI=1S/C17H22N4O/c1-13(8-9-15-6-4-3-5-7-15)20-17(22)19-12-16-10-11-18-14(2)21-16/h3-7,10-11,13H,8-9,12H2,1-2H3,(H2,19,20,22).